The fraction of sp³-hybridized carbons (Fsp3) is 0.333. The summed E-state index contributed by atoms with van der Waals surface area (Å²) in [6.45, 7) is 2.03. The van der Waals surface area contributed by atoms with Crippen molar-refractivity contribution in [2.75, 3.05) is 18.5 Å². The zero-order valence-electron chi connectivity index (χ0n) is 27.4. The first kappa shape index (κ1) is 38.0. The normalized spacial score (nSPS) is 20.9. The molecule has 0 spiro atoms. The van der Waals surface area contributed by atoms with E-state index in [4.69, 9.17) is 35.4 Å². The standard InChI is InChI=1S/C33H34ClN4O11PS2/c1-17-24(31-26-11-21(34)5-2-18(26)8-9-47-31)13-28(51-17)30(39)27-14-36-16-37-32(27)38-22-10-20(15-48-52(35,45)46)25(12-22)29(33(40)41)19-3-6-23(7-4-19)49-50(42,43)44/h2-7,11,13-14,16,20,22,25,29,31H,8-10,12,15H2,1H3,(H,40,41)(H2,35,45,46)(H,36,37,38)(H2,42,43,44)/t20-,22+,25+,29?,31+/m1/s1. The fourth-order valence-corrected chi connectivity index (χ4v) is 8.92. The zero-order valence-corrected chi connectivity index (χ0v) is 30.7. The van der Waals surface area contributed by atoms with Crippen LogP contribution in [0.3, 0.4) is 0 Å². The molecule has 6 N–H and O–H groups in total. The van der Waals surface area contributed by atoms with Crippen LogP contribution in [0.1, 0.15) is 67.2 Å². The molecule has 4 aromatic rings. The Morgan fingerprint density at radius 2 is 1.90 bits per heavy atom. The second-order valence-corrected chi connectivity index (χ2v) is 16.6. The summed E-state index contributed by atoms with van der Waals surface area (Å²) in [4.78, 5) is 54.7. The molecule has 2 aliphatic rings. The van der Waals surface area contributed by atoms with Crippen LogP contribution >= 0.6 is 30.8 Å². The third kappa shape index (κ3) is 8.87. The van der Waals surface area contributed by atoms with Crippen LogP contribution < -0.4 is 15.0 Å². The summed E-state index contributed by atoms with van der Waals surface area (Å²) in [6, 6.07) is 12.2. The highest BCUT2D eigenvalue weighted by molar-refractivity contribution is 7.84. The van der Waals surface area contributed by atoms with Gasteiger partial charge in [0.15, 0.2) is 0 Å². The number of nitrogens with two attached hydrogens (primary N) is 1. The van der Waals surface area contributed by atoms with Gasteiger partial charge >= 0.3 is 24.1 Å². The van der Waals surface area contributed by atoms with Gasteiger partial charge in [0.2, 0.25) is 5.78 Å². The number of halogens is 1. The smallest absolute Gasteiger partial charge is 0.481 e. The first-order valence-electron chi connectivity index (χ1n) is 15.9. The van der Waals surface area contributed by atoms with Gasteiger partial charge in [-0.2, -0.15) is 8.42 Å². The predicted molar refractivity (Wildman–Crippen MR) is 190 cm³/mol. The third-order valence-electron chi connectivity index (χ3n) is 9.16. The summed E-state index contributed by atoms with van der Waals surface area (Å²) in [5.41, 5.74) is 3.39. The van der Waals surface area contributed by atoms with Crippen LogP contribution in [0.4, 0.5) is 5.82 Å². The minimum Gasteiger partial charge on any atom is -0.481 e. The van der Waals surface area contributed by atoms with E-state index >= 15 is 0 Å². The Balaban J connectivity index is 1.25. The highest BCUT2D eigenvalue weighted by Gasteiger charge is 2.44. The lowest BCUT2D eigenvalue weighted by atomic mass is 9.80. The number of aromatic nitrogens is 2. The number of carboxylic acids is 1. The molecule has 1 aliphatic heterocycles. The second-order valence-electron chi connectivity index (χ2n) is 12.6. The molecule has 0 amide bonds. The van der Waals surface area contributed by atoms with Crippen molar-refractivity contribution in [3.63, 3.8) is 0 Å². The van der Waals surface area contributed by atoms with Crippen LogP contribution in [-0.2, 0) is 35.0 Å². The lowest BCUT2D eigenvalue weighted by Crippen LogP contribution is -2.29. The van der Waals surface area contributed by atoms with Gasteiger partial charge in [0.1, 0.15) is 24.0 Å². The van der Waals surface area contributed by atoms with Crippen molar-refractivity contribution < 1.29 is 50.9 Å². The summed E-state index contributed by atoms with van der Waals surface area (Å²) in [6.07, 6.45) is 3.44. The van der Waals surface area contributed by atoms with Crippen LogP contribution in [0.2, 0.25) is 5.02 Å². The molecule has 52 heavy (non-hydrogen) atoms. The van der Waals surface area contributed by atoms with Crippen molar-refractivity contribution in [2.45, 2.75) is 44.2 Å². The topological polar surface area (TPSA) is 238 Å². The minimum absolute atomic E-state index is 0.171. The van der Waals surface area contributed by atoms with E-state index in [1.165, 1.54) is 48.1 Å². The van der Waals surface area contributed by atoms with Gasteiger partial charge in [-0.25, -0.2) is 19.7 Å². The number of aryl methyl sites for hydroxylation is 1. The molecule has 19 heteroatoms. The molecule has 0 saturated heterocycles. The molecular formula is C33H34ClN4O11PS2. The monoisotopic (exact) mass is 792 g/mol. The number of anilines is 1. The molecule has 2 aromatic heterocycles. The Hall–Kier alpha value is -3.77. The molecule has 1 aliphatic carbocycles. The number of nitrogens with one attached hydrogen (secondary N) is 1. The molecule has 1 unspecified atom stereocenters. The van der Waals surface area contributed by atoms with Crippen LogP contribution in [0, 0.1) is 18.8 Å². The van der Waals surface area contributed by atoms with Gasteiger partial charge in [0, 0.05) is 22.1 Å². The Morgan fingerprint density at radius 1 is 1.15 bits per heavy atom. The van der Waals surface area contributed by atoms with Gasteiger partial charge in [-0.1, -0.05) is 29.8 Å². The fourth-order valence-electron chi connectivity index (χ4n) is 6.98. The van der Waals surface area contributed by atoms with E-state index in [0.717, 1.165) is 28.0 Å². The average Bonchev–Trinajstić information content (AvgIpc) is 3.65. The first-order chi connectivity index (χ1) is 24.6. The van der Waals surface area contributed by atoms with Crippen LogP contribution in [0.15, 0.2) is 61.1 Å². The number of carbonyl (C=O) groups excluding carboxylic acids is 1. The van der Waals surface area contributed by atoms with Crippen molar-refractivity contribution in [1.82, 2.24) is 9.97 Å². The summed E-state index contributed by atoms with van der Waals surface area (Å²) in [7, 11) is -9.21. The van der Waals surface area contributed by atoms with Crippen molar-refractivity contribution in [3.05, 3.63) is 104 Å². The van der Waals surface area contributed by atoms with Gasteiger partial charge < -0.3 is 19.7 Å². The van der Waals surface area contributed by atoms with E-state index in [0.29, 0.717) is 16.5 Å². The Labute approximate surface area is 307 Å². The number of carbonyl (C=O) groups is 2. The number of carboxylic acid groups (broad SMARTS) is 1. The molecule has 0 bridgehead atoms. The van der Waals surface area contributed by atoms with Crippen LogP contribution in [0.25, 0.3) is 0 Å². The number of phosphoric acid groups is 1. The number of ether oxygens (including phenoxy) is 1. The Morgan fingerprint density at radius 3 is 2.60 bits per heavy atom. The third-order valence-corrected chi connectivity index (χ3v) is 11.4. The SMILES string of the molecule is Cc1sc(C(=O)c2cncnc2N[C@H]2C[C@H](COS(N)(=O)=O)[C@@H](C(C(=O)O)c3ccc(OP(=O)(O)O)cc3)C2)cc1[C@@H]1OCCc2ccc(Cl)cc21. The van der Waals surface area contributed by atoms with E-state index in [9.17, 15) is 27.7 Å². The van der Waals surface area contributed by atoms with Crippen molar-refractivity contribution in [3.8, 4) is 5.75 Å². The van der Waals surface area contributed by atoms with E-state index in [1.54, 1.807) is 6.07 Å². The van der Waals surface area contributed by atoms with Gasteiger partial charge in [-0.3, -0.25) is 23.6 Å². The molecule has 1 fully saturated rings. The second kappa shape index (κ2) is 15.3. The highest BCUT2D eigenvalue weighted by Crippen LogP contribution is 2.45. The Kier molecular flexibility index (Phi) is 11.2. The molecule has 3 heterocycles. The molecule has 6 rings (SSSR count). The minimum atomic E-state index is -4.85. The van der Waals surface area contributed by atoms with Gasteiger partial charge in [-0.15, -0.1) is 11.3 Å². The lowest BCUT2D eigenvalue weighted by Gasteiger charge is -2.26. The number of nitrogens with zero attached hydrogens (tertiary/aromatic N) is 2. The first-order valence-corrected chi connectivity index (χ1v) is 20.1. The number of aliphatic carboxylic acids is 1. The molecule has 276 valence electrons. The summed E-state index contributed by atoms with van der Waals surface area (Å²) < 4.78 is 50.4. The van der Waals surface area contributed by atoms with Gasteiger partial charge in [-0.05, 0) is 90.6 Å². The van der Waals surface area contributed by atoms with Crippen LogP contribution in [-0.4, -0.2) is 64.3 Å². The highest BCUT2D eigenvalue weighted by atomic mass is 35.5. The number of benzene rings is 2. The molecular weight excluding hydrogens is 759 g/mol. The maximum atomic E-state index is 14.0. The van der Waals surface area contributed by atoms with Gasteiger partial charge in [0.05, 0.1) is 29.6 Å². The zero-order chi connectivity index (χ0) is 37.4. The summed E-state index contributed by atoms with van der Waals surface area (Å²) in [5, 5.41) is 19.3. The number of hydrogen-bond donors (Lipinski definition) is 5. The van der Waals surface area contributed by atoms with E-state index in [1.807, 2.05) is 25.1 Å². The number of phosphoric ester groups is 1. The predicted octanol–water partition coefficient (Wildman–Crippen LogP) is 4.76. The molecule has 0 radical (unpaired) electrons. The molecule has 5 atom stereocenters. The lowest BCUT2D eigenvalue weighted by molar-refractivity contribution is -0.140. The van der Waals surface area contributed by atoms with Crippen molar-refractivity contribution >= 4 is 58.6 Å². The van der Waals surface area contributed by atoms with Crippen molar-refractivity contribution in [2.24, 2.45) is 17.0 Å². The largest absolute Gasteiger partial charge is 0.524 e. The summed E-state index contributed by atoms with van der Waals surface area (Å²) in [5.74, 6) is -4.06. The molecule has 2 aromatic carbocycles. The molecule has 1 saturated carbocycles. The van der Waals surface area contributed by atoms with E-state index < -0.39 is 60.6 Å². The molecule has 15 nitrogen and oxygen atoms in total. The summed E-state index contributed by atoms with van der Waals surface area (Å²) >= 11 is 7.62. The van der Waals surface area contributed by atoms with Gasteiger partial charge in [0.25, 0.3) is 0 Å². The van der Waals surface area contributed by atoms with Crippen molar-refractivity contribution in [1.29, 1.82) is 0 Å². The van der Waals surface area contributed by atoms with Crippen LogP contribution in [0.5, 0.6) is 5.75 Å². The maximum Gasteiger partial charge on any atom is 0.524 e. The number of ketones is 1. The Bertz CT molecular complexity index is 2150. The number of hydrogen-bond acceptors (Lipinski definition) is 12. The number of fused-ring (bicyclic) bond motifs is 1. The average molecular weight is 793 g/mol. The number of rotatable bonds is 13. The number of thiophene rings is 1. The maximum absolute atomic E-state index is 14.0. The van der Waals surface area contributed by atoms with E-state index in [-0.39, 0.29) is 41.3 Å². The quantitative estimate of drug-likeness (QED) is 0.0907. The van der Waals surface area contributed by atoms with E-state index in [2.05, 4.69) is 19.8 Å².